The van der Waals surface area contributed by atoms with Crippen LogP contribution in [-0.4, -0.2) is 19.9 Å². The number of phenols is 1. The lowest BCUT2D eigenvalue weighted by Crippen LogP contribution is -1.99. The molecule has 2 aromatic carbocycles. The molecule has 0 unspecified atom stereocenters. The SMILES string of the molecule is O=[N+]([O-])c1ccc(Nc2ccc([N+](=O)[O-])cc2[N+](=O)[O-])c(O)c1. The summed E-state index contributed by atoms with van der Waals surface area (Å²) in [6.45, 7) is 0. The number of nitrogens with zero attached hydrogens (tertiary/aromatic N) is 3. The van der Waals surface area contributed by atoms with Gasteiger partial charge in [-0.3, -0.25) is 30.3 Å². The molecule has 0 amide bonds. The molecule has 0 aliphatic rings. The summed E-state index contributed by atoms with van der Waals surface area (Å²) in [7, 11) is 0. The Morgan fingerprint density at radius 1 is 0.783 bits per heavy atom. The van der Waals surface area contributed by atoms with Crippen LogP contribution in [0, 0.1) is 30.3 Å². The molecule has 0 saturated carbocycles. The van der Waals surface area contributed by atoms with Gasteiger partial charge >= 0.3 is 0 Å². The highest BCUT2D eigenvalue weighted by Crippen LogP contribution is 2.35. The van der Waals surface area contributed by atoms with E-state index in [9.17, 15) is 35.4 Å². The van der Waals surface area contributed by atoms with E-state index < -0.39 is 31.9 Å². The second-order valence-corrected chi connectivity index (χ2v) is 4.30. The molecule has 0 aliphatic carbocycles. The van der Waals surface area contributed by atoms with Gasteiger partial charge in [-0.1, -0.05) is 0 Å². The van der Waals surface area contributed by atoms with Gasteiger partial charge in [-0.15, -0.1) is 0 Å². The molecule has 0 bridgehead atoms. The molecule has 0 radical (unpaired) electrons. The summed E-state index contributed by atoms with van der Waals surface area (Å²) in [6, 6.07) is 6.07. The number of nitro benzene ring substituents is 3. The zero-order valence-electron chi connectivity index (χ0n) is 11.2. The zero-order chi connectivity index (χ0) is 17.1. The van der Waals surface area contributed by atoms with Crippen molar-refractivity contribution in [3.8, 4) is 5.75 Å². The van der Waals surface area contributed by atoms with Crippen molar-refractivity contribution in [3.63, 3.8) is 0 Å². The molecular formula is C12H8N4O7. The molecule has 0 spiro atoms. The highest BCUT2D eigenvalue weighted by atomic mass is 16.6. The Morgan fingerprint density at radius 3 is 1.78 bits per heavy atom. The van der Waals surface area contributed by atoms with Gasteiger partial charge in [0.1, 0.15) is 11.4 Å². The van der Waals surface area contributed by atoms with E-state index in [1.807, 2.05) is 0 Å². The van der Waals surface area contributed by atoms with Crippen LogP contribution in [0.1, 0.15) is 0 Å². The molecule has 11 heteroatoms. The Morgan fingerprint density at radius 2 is 1.30 bits per heavy atom. The fourth-order valence-electron chi connectivity index (χ4n) is 1.77. The van der Waals surface area contributed by atoms with Crippen molar-refractivity contribution >= 4 is 28.4 Å². The first-order valence-electron chi connectivity index (χ1n) is 5.97. The molecule has 118 valence electrons. The first kappa shape index (κ1) is 15.6. The minimum absolute atomic E-state index is 0.0208. The van der Waals surface area contributed by atoms with E-state index in [2.05, 4.69) is 5.32 Å². The van der Waals surface area contributed by atoms with Gasteiger partial charge in [-0.25, -0.2) is 0 Å². The minimum atomic E-state index is -0.822. The molecule has 0 atom stereocenters. The first-order chi connectivity index (χ1) is 10.8. The van der Waals surface area contributed by atoms with E-state index in [4.69, 9.17) is 0 Å². The highest BCUT2D eigenvalue weighted by molar-refractivity contribution is 5.75. The molecule has 2 aromatic rings. The van der Waals surface area contributed by atoms with Gasteiger partial charge in [-0.05, 0) is 12.1 Å². The number of hydrogen-bond donors (Lipinski definition) is 2. The van der Waals surface area contributed by atoms with Crippen LogP contribution in [0.25, 0.3) is 0 Å². The Labute approximate surface area is 127 Å². The standard InChI is InChI=1S/C12H8N4O7/c17-12-6-8(15(20)21)2-4-10(12)13-9-3-1-7(14(18)19)5-11(9)16(22)23/h1-6,13,17H. The molecule has 0 fully saturated rings. The number of hydrogen-bond acceptors (Lipinski definition) is 8. The number of benzene rings is 2. The third-order valence-electron chi connectivity index (χ3n) is 2.85. The average Bonchev–Trinajstić information content (AvgIpc) is 2.48. The van der Waals surface area contributed by atoms with E-state index in [0.717, 1.165) is 30.3 Å². The fourth-order valence-corrected chi connectivity index (χ4v) is 1.77. The first-order valence-corrected chi connectivity index (χ1v) is 5.97. The summed E-state index contributed by atoms with van der Waals surface area (Å²) in [4.78, 5) is 29.9. The maximum absolute atomic E-state index is 11.0. The molecule has 2 rings (SSSR count). The van der Waals surface area contributed by atoms with Crippen LogP contribution in [0.2, 0.25) is 0 Å². The number of nitrogens with one attached hydrogen (secondary N) is 1. The van der Waals surface area contributed by atoms with E-state index in [-0.39, 0.29) is 17.1 Å². The maximum atomic E-state index is 11.0. The summed E-state index contributed by atoms with van der Waals surface area (Å²) in [5.41, 5.74) is -1.52. The lowest BCUT2D eigenvalue weighted by molar-refractivity contribution is -0.393. The number of nitro groups is 3. The van der Waals surface area contributed by atoms with Crippen molar-refractivity contribution in [3.05, 3.63) is 66.7 Å². The van der Waals surface area contributed by atoms with E-state index >= 15 is 0 Å². The van der Waals surface area contributed by atoms with Crippen LogP contribution in [0.15, 0.2) is 36.4 Å². The maximum Gasteiger partial charge on any atom is 0.299 e. The summed E-state index contributed by atoms with van der Waals surface area (Å²) >= 11 is 0. The van der Waals surface area contributed by atoms with Crippen molar-refractivity contribution in [2.75, 3.05) is 5.32 Å². The van der Waals surface area contributed by atoms with Crippen LogP contribution in [0.3, 0.4) is 0 Å². The molecule has 11 nitrogen and oxygen atoms in total. The molecule has 23 heavy (non-hydrogen) atoms. The van der Waals surface area contributed by atoms with Crippen molar-refractivity contribution in [2.24, 2.45) is 0 Å². The number of phenolic OH excluding ortho intramolecular Hbond substituents is 1. The third kappa shape index (κ3) is 3.29. The van der Waals surface area contributed by atoms with E-state index in [1.54, 1.807) is 0 Å². The predicted octanol–water partition coefficient (Wildman–Crippen LogP) is 2.86. The number of aromatic hydroxyl groups is 1. The highest BCUT2D eigenvalue weighted by Gasteiger charge is 2.20. The second-order valence-electron chi connectivity index (χ2n) is 4.30. The van der Waals surface area contributed by atoms with Crippen LogP contribution < -0.4 is 5.32 Å². The number of anilines is 2. The lowest BCUT2D eigenvalue weighted by atomic mass is 10.2. The van der Waals surface area contributed by atoms with Crippen molar-refractivity contribution < 1.29 is 19.9 Å². The Kier molecular flexibility index (Phi) is 4.03. The monoisotopic (exact) mass is 320 g/mol. The van der Waals surface area contributed by atoms with E-state index in [0.29, 0.717) is 0 Å². The minimum Gasteiger partial charge on any atom is -0.506 e. The smallest absolute Gasteiger partial charge is 0.299 e. The number of non-ortho nitro benzene ring substituents is 2. The summed E-state index contributed by atoms with van der Waals surface area (Å²) in [5.74, 6) is -0.494. The largest absolute Gasteiger partial charge is 0.506 e. The van der Waals surface area contributed by atoms with Crippen molar-refractivity contribution in [1.29, 1.82) is 0 Å². The molecule has 0 aliphatic heterocycles. The van der Waals surface area contributed by atoms with Crippen molar-refractivity contribution in [1.82, 2.24) is 0 Å². The summed E-state index contributed by atoms with van der Waals surface area (Å²) in [5, 5.41) is 44.5. The van der Waals surface area contributed by atoms with Gasteiger partial charge in [-0.2, -0.15) is 0 Å². The van der Waals surface area contributed by atoms with Crippen LogP contribution in [-0.2, 0) is 0 Å². The quantitative estimate of drug-likeness (QED) is 0.482. The Balaban J connectivity index is 2.42. The second kappa shape index (κ2) is 5.93. The normalized spacial score (nSPS) is 10.1. The molecule has 0 saturated heterocycles. The van der Waals surface area contributed by atoms with Crippen LogP contribution in [0.5, 0.6) is 5.75 Å². The Bertz CT molecular complexity index is 821. The Hall–Kier alpha value is -3.76. The molecule has 0 aromatic heterocycles. The summed E-state index contributed by atoms with van der Waals surface area (Å²) in [6.07, 6.45) is 0. The van der Waals surface area contributed by atoms with Crippen molar-refractivity contribution in [2.45, 2.75) is 0 Å². The van der Waals surface area contributed by atoms with Gasteiger partial charge in [0, 0.05) is 12.1 Å². The third-order valence-corrected chi connectivity index (χ3v) is 2.85. The van der Waals surface area contributed by atoms with Gasteiger partial charge in [0.15, 0.2) is 0 Å². The zero-order valence-corrected chi connectivity index (χ0v) is 11.2. The van der Waals surface area contributed by atoms with E-state index in [1.165, 1.54) is 6.07 Å². The van der Waals surface area contributed by atoms with Gasteiger partial charge in [0.25, 0.3) is 17.1 Å². The fraction of sp³-hybridized carbons (Fsp3) is 0. The lowest BCUT2D eigenvalue weighted by Gasteiger charge is -2.08. The van der Waals surface area contributed by atoms with Gasteiger partial charge < -0.3 is 10.4 Å². The topological polar surface area (TPSA) is 162 Å². The predicted molar refractivity (Wildman–Crippen MR) is 77.8 cm³/mol. The molecule has 2 N–H and O–H groups in total. The van der Waals surface area contributed by atoms with Crippen LogP contribution >= 0.6 is 0 Å². The molecule has 0 heterocycles. The number of rotatable bonds is 5. The van der Waals surface area contributed by atoms with Gasteiger partial charge in [0.05, 0.1) is 32.6 Å². The molecular weight excluding hydrogens is 312 g/mol. The average molecular weight is 320 g/mol. The summed E-state index contributed by atoms with van der Waals surface area (Å²) < 4.78 is 0. The van der Waals surface area contributed by atoms with Gasteiger partial charge in [0.2, 0.25) is 0 Å². The van der Waals surface area contributed by atoms with Crippen LogP contribution in [0.4, 0.5) is 28.4 Å².